The van der Waals surface area contributed by atoms with E-state index in [-0.39, 0.29) is 24.8 Å². The molecule has 0 heterocycles. The second-order valence-electron chi connectivity index (χ2n) is 10.9. The molecule has 0 aliphatic heterocycles. The zero-order chi connectivity index (χ0) is 34.0. The standard InChI is InChI=1S/C33H43FN3O8P/c1-7-43-32(39)23(5)35-37(36-24(6)33(40)44-8-2)46(41,42)20-45-29-15-21(3)30(22(4)16-29)19-26-11-14-31(38)27(18-26)17-25-9-12-28(34)13-10-25/h9-16,18,23-24,35-36,38H,7-8,17,19-20H2,1-6H3,(H,41,42). The highest BCUT2D eigenvalue weighted by Crippen LogP contribution is 2.43. The second kappa shape index (κ2) is 16.7. The van der Waals surface area contributed by atoms with Crippen molar-refractivity contribution in [1.82, 2.24) is 15.7 Å². The number of aromatic hydroxyl groups is 1. The Morgan fingerprint density at radius 1 is 0.870 bits per heavy atom. The highest BCUT2D eigenvalue weighted by atomic mass is 31.2. The average Bonchev–Trinajstić information content (AvgIpc) is 3.00. The smallest absolute Gasteiger partial charge is 0.333 e. The van der Waals surface area contributed by atoms with Crippen molar-refractivity contribution in [3.63, 3.8) is 0 Å². The van der Waals surface area contributed by atoms with Gasteiger partial charge in [0.2, 0.25) is 0 Å². The number of carbonyl (C=O) groups excluding carboxylic acids is 2. The lowest BCUT2D eigenvalue weighted by molar-refractivity contribution is -0.147. The number of hydrogen-bond donors (Lipinski definition) is 4. The molecule has 0 spiro atoms. The molecule has 3 unspecified atom stereocenters. The van der Waals surface area contributed by atoms with E-state index in [1.54, 1.807) is 44.2 Å². The van der Waals surface area contributed by atoms with Gasteiger partial charge in [-0.1, -0.05) is 29.2 Å². The van der Waals surface area contributed by atoms with Crippen molar-refractivity contribution in [2.75, 3.05) is 19.6 Å². The lowest BCUT2D eigenvalue weighted by atomic mass is 9.93. The van der Waals surface area contributed by atoms with Crippen LogP contribution in [0.15, 0.2) is 54.6 Å². The van der Waals surface area contributed by atoms with Crippen LogP contribution in [-0.4, -0.2) is 58.5 Å². The minimum Gasteiger partial charge on any atom is -0.508 e. The van der Waals surface area contributed by atoms with Crippen LogP contribution in [0.5, 0.6) is 11.5 Å². The van der Waals surface area contributed by atoms with E-state index < -0.39 is 37.9 Å². The van der Waals surface area contributed by atoms with Crippen molar-refractivity contribution in [3.8, 4) is 11.5 Å². The molecule has 0 radical (unpaired) electrons. The molecule has 0 saturated carbocycles. The number of benzene rings is 3. The molecule has 46 heavy (non-hydrogen) atoms. The average molecular weight is 660 g/mol. The van der Waals surface area contributed by atoms with Crippen LogP contribution < -0.4 is 15.6 Å². The summed E-state index contributed by atoms with van der Waals surface area (Å²) >= 11 is 0. The Kier molecular flexibility index (Phi) is 13.3. The molecule has 4 N–H and O–H groups in total. The Labute approximate surface area is 269 Å². The largest absolute Gasteiger partial charge is 0.508 e. The van der Waals surface area contributed by atoms with E-state index in [1.807, 2.05) is 26.0 Å². The summed E-state index contributed by atoms with van der Waals surface area (Å²) in [6.07, 6.45) is 0.330. The molecule has 250 valence electrons. The van der Waals surface area contributed by atoms with Gasteiger partial charge < -0.3 is 24.2 Å². The summed E-state index contributed by atoms with van der Waals surface area (Å²) in [5, 5.41) is 10.4. The second-order valence-corrected chi connectivity index (χ2v) is 12.9. The van der Waals surface area contributed by atoms with Gasteiger partial charge in [0, 0.05) is 6.42 Å². The van der Waals surface area contributed by atoms with Crippen LogP contribution in [0.25, 0.3) is 0 Å². The molecule has 0 saturated heterocycles. The molecule has 13 heteroatoms. The zero-order valence-electron chi connectivity index (χ0n) is 27.0. The first-order valence-electron chi connectivity index (χ1n) is 15.0. The van der Waals surface area contributed by atoms with Crippen LogP contribution in [0.2, 0.25) is 0 Å². The van der Waals surface area contributed by atoms with E-state index in [2.05, 4.69) is 10.9 Å². The summed E-state index contributed by atoms with van der Waals surface area (Å²) in [4.78, 5) is 36.2. The van der Waals surface area contributed by atoms with Gasteiger partial charge in [-0.2, -0.15) is 0 Å². The fourth-order valence-corrected chi connectivity index (χ4v) is 5.81. The third-order valence-corrected chi connectivity index (χ3v) is 8.45. The van der Waals surface area contributed by atoms with Crippen LogP contribution in [0.3, 0.4) is 0 Å². The highest BCUT2D eigenvalue weighted by molar-refractivity contribution is 7.55. The highest BCUT2D eigenvalue weighted by Gasteiger charge is 2.35. The van der Waals surface area contributed by atoms with Gasteiger partial charge in [0.15, 0.2) is 6.35 Å². The number of rotatable bonds is 16. The van der Waals surface area contributed by atoms with Crippen molar-refractivity contribution in [2.24, 2.45) is 0 Å². The number of nitrogens with one attached hydrogen (secondary N) is 2. The molecule has 3 aromatic carbocycles. The molecule has 0 aromatic heterocycles. The number of phenols is 1. The van der Waals surface area contributed by atoms with Gasteiger partial charge in [0.05, 0.1) is 13.2 Å². The molecule has 0 fully saturated rings. The monoisotopic (exact) mass is 659 g/mol. The van der Waals surface area contributed by atoms with E-state index >= 15 is 0 Å². The first-order chi connectivity index (χ1) is 21.7. The van der Waals surface area contributed by atoms with E-state index in [0.29, 0.717) is 18.6 Å². The first-order valence-corrected chi connectivity index (χ1v) is 16.8. The number of esters is 2. The number of ether oxygens (including phenoxy) is 3. The van der Waals surface area contributed by atoms with Crippen molar-refractivity contribution in [3.05, 3.63) is 93.8 Å². The van der Waals surface area contributed by atoms with E-state index in [0.717, 1.165) is 38.3 Å². The predicted molar refractivity (Wildman–Crippen MR) is 172 cm³/mol. The summed E-state index contributed by atoms with van der Waals surface area (Å²) in [5.74, 6) is -1.12. The molecular formula is C33H43FN3O8P. The Hall–Kier alpha value is -3.80. The van der Waals surface area contributed by atoms with Gasteiger partial charge in [0.1, 0.15) is 29.4 Å². The molecule has 3 rings (SSSR count). The SMILES string of the molecule is CCOC(=O)C(C)NN(NC(C)C(=O)OCC)P(=O)(O)COc1cc(C)c(Cc2ccc(O)c(Cc3ccc(F)cc3)c2)c(C)c1. The summed E-state index contributed by atoms with van der Waals surface area (Å²) in [6.45, 7) is 10.2. The van der Waals surface area contributed by atoms with Gasteiger partial charge in [-0.15, -0.1) is 0 Å². The van der Waals surface area contributed by atoms with Gasteiger partial charge in [0.25, 0.3) is 0 Å². The molecular weight excluding hydrogens is 616 g/mol. The summed E-state index contributed by atoms with van der Waals surface area (Å²) in [7, 11) is -4.40. The minimum atomic E-state index is -4.40. The normalized spacial score (nSPS) is 13.9. The summed E-state index contributed by atoms with van der Waals surface area (Å²) < 4.78 is 42.6. The maximum atomic E-state index is 13.5. The fraction of sp³-hybridized carbons (Fsp3) is 0.394. The maximum absolute atomic E-state index is 13.5. The molecule has 11 nitrogen and oxygen atoms in total. The van der Waals surface area contributed by atoms with Crippen LogP contribution in [-0.2, 0) is 36.5 Å². The van der Waals surface area contributed by atoms with Crippen LogP contribution >= 0.6 is 7.52 Å². The predicted octanol–water partition coefficient (Wildman–Crippen LogP) is 5.07. The lowest BCUT2D eigenvalue weighted by Gasteiger charge is -2.31. The number of hydrogen-bond acceptors (Lipinski definition) is 9. The van der Waals surface area contributed by atoms with Crippen molar-refractivity contribution < 1.29 is 42.8 Å². The number of phenolic OH excluding ortho intramolecular Hbond substituents is 1. The first kappa shape index (κ1) is 36.7. The number of hydrazine groups is 2. The van der Waals surface area contributed by atoms with E-state index in [4.69, 9.17) is 14.2 Å². The third-order valence-electron chi connectivity index (χ3n) is 7.13. The quantitative estimate of drug-likeness (QED) is 0.0929. The Balaban J connectivity index is 1.76. The van der Waals surface area contributed by atoms with Crippen molar-refractivity contribution >= 4 is 19.5 Å². The number of halogens is 1. The Morgan fingerprint density at radius 3 is 1.91 bits per heavy atom. The topological polar surface area (TPSA) is 147 Å². The minimum absolute atomic E-state index is 0.121. The lowest BCUT2D eigenvalue weighted by Crippen LogP contribution is -2.56. The van der Waals surface area contributed by atoms with E-state index in [1.165, 1.54) is 26.0 Å². The molecule has 0 amide bonds. The van der Waals surface area contributed by atoms with Crippen LogP contribution in [0.1, 0.15) is 61.1 Å². The molecule has 3 atom stereocenters. The van der Waals surface area contributed by atoms with E-state index in [9.17, 15) is 28.5 Å². The Morgan fingerprint density at radius 2 is 1.39 bits per heavy atom. The summed E-state index contributed by atoms with van der Waals surface area (Å²) in [5.41, 5.74) is 10.6. The van der Waals surface area contributed by atoms with Crippen molar-refractivity contribution in [2.45, 2.75) is 66.5 Å². The Bertz CT molecular complexity index is 1500. The maximum Gasteiger partial charge on any atom is 0.333 e. The van der Waals surface area contributed by atoms with Gasteiger partial charge >= 0.3 is 19.5 Å². The number of aryl methyl sites for hydroxylation is 2. The fourth-order valence-electron chi connectivity index (χ4n) is 4.67. The molecule has 0 aliphatic carbocycles. The molecule has 3 aromatic rings. The van der Waals surface area contributed by atoms with Gasteiger partial charge in [-0.25, -0.2) is 15.2 Å². The number of nitrogens with zero attached hydrogens (tertiary/aromatic N) is 1. The molecule has 0 bridgehead atoms. The van der Waals surface area contributed by atoms with Gasteiger partial charge in [-0.3, -0.25) is 14.2 Å². The summed E-state index contributed by atoms with van der Waals surface area (Å²) in [6, 6.07) is 13.0. The zero-order valence-corrected chi connectivity index (χ0v) is 27.9. The third kappa shape index (κ3) is 10.4. The molecule has 0 aliphatic rings. The van der Waals surface area contributed by atoms with Crippen LogP contribution in [0, 0.1) is 19.7 Å². The van der Waals surface area contributed by atoms with Gasteiger partial charge in [-0.05, 0) is 112 Å². The number of carbonyl (C=O) groups is 2. The van der Waals surface area contributed by atoms with Crippen LogP contribution in [0.4, 0.5) is 4.39 Å². The van der Waals surface area contributed by atoms with Crippen molar-refractivity contribution in [1.29, 1.82) is 0 Å².